The largest absolute Gasteiger partial charge is 0.406 e. The first-order valence-corrected chi connectivity index (χ1v) is 10.3. The molecule has 0 radical (unpaired) electrons. The van der Waals surface area contributed by atoms with Crippen molar-refractivity contribution in [3.8, 4) is 0 Å². The molecule has 8 heteroatoms. The summed E-state index contributed by atoms with van der Waals surface area (Å²) in [5.41, 5.74) is 0.879. The van der Waals surface area contributed by atoms with Gasteiger partial charge in [-0.25, -0.2) is 8.93 Å². The molecule has 1 saturated heterocycles. The molecule has 2 rings (SSSR count). The number of nitrogens with one attached hydrogen (secondary N) is 1. The maximum absolute atomic E-state index is 13.9. The van der Waals surface area contributed by atoms with E-state index in [-0.39, 0.29) is 6.04 Å². The van der Waals surface area contributed by atoms with Gasteiger partial charge in [-0.3, -0.25) is 4.90 Å². The Labute approximate surface area is 166 Å². The molecule has 1 heterocycles. The van der Waals surface area contributed by atoms with Gasteiger partial charge in [0.1, 0.15) is 6.04 Å². The molecule has 1 unspecified atom stereocenters. The summed E-state index contributed by atoms with van der Waals surface area (Å²) in [6.07, 6.45) is -2.02. The molecular weight excluding hydrogens is 397 g/mol. The van der Waals surface area contributed by atoms with E-state index in [9.17, 15) is 17.4 Å². The van der Waals surface area contributed by atoms with Gasteiger partial charge in [-0.2, -0.15) is 13.2 Å². The van der Waals surface area contributed by atoms with Gasteiger partial charge in [0, 0.05) is 23.7 Å². The highest BCUT2D eigenvalue weighted by atomic mass is 35.5. The smallest absolute Gasteiger partial charge is 0.288 e. The summed E-state index contributed by atoms with van der Waals surface area (Å²) in [5.74, 6) is 0. The molecule has 0 amide bonds. The lowest BCUT2D eigenvalue weighted by Crippen LogP contribution is -2.57. The van der Waals surface area contributed by atoms with E-state index in [2.05, 4.69) is 11.3 Å². The number of hydrogen-bond donors (Lipinski definition) is 1. The lowest BCUT2D eigenvalue weighted by Gasteiger charge is -2.36. The van der Waals surface area contributed by atoms with E-state index in [0.717, 1.165) is 5.56 Å². The monoisotopic (exact) mass is 422 g/mol. The van der Waals surface area contributed by atoms with Gasteiger partial charge >= 0.3 is 6.18 Å². The molecule has 1 aromatic rings. The predicted molar refractivity (Wildman–Crippen MR) is 105 cm³/mol. The Hall–Kier alpha value is -0.890. The first-order valence-electron chi connectivity index (χ1n) is 8.82. The van der Waals surface area contributed by atoms with Crippen molar-refractivity contribution in [3.63, 3.8) is 0 Å². The van der Waals surface area contributed by atoms with E-state index >= 15 is 0 Å². The number of halogens is 4. The number of nitrogens with zero attached hydrogens (tertiary/aromatic N) is 1. The SMILES string of the molecule is C=CCN1[C@@H](C(N[S@@](=O)C(C)(C)C)C(F)(F)F)CC[C@H]1c1cccc(Cl)c1. The second-order valence-electron chi connectivity index (χ2n) is 7.72. The highest BCUT2D eigenvalue weighted by molar-refractivity contribution is 7.84. The van der Waals surface area contributed by atoms with Crippen LogP contribution in [-0.2, 0) is 11.0 Å². The van der Waals surface area contributed by atoms with Crippen LogP contribution in [0.3, 0.4) is 0 Å². The lowest BCUT2D eigenvalue weighted by molar-refractivity contribution is -0.164. The van der Waals surface area contributed by atoms with Crippen LogP contribution in [0.4, 0.5) is 13.2 Å². The normalized spacial score (nSPS) is 24.0. The Morgan fingerprint density at radius 1 is 1.37 bits per heavy atom. The zero-order valence-electron chi connectivity index (χ0n) is 15.7. The fraction of sp³-hybridized carbons (Fsp3) is 0.579. The number of alkyl halides is 3. The highest BCUT2D eigenvalue weighted by Gasteiger charge is 2.51. The molecule has 27 heavy (non-hydrogen) atoms. The molecule has 1 fully saturated rings. The molecule has 1 aromatic carbocycles. The molecule has 0 saturated carbocycles. The molecule has 1 N–H and O–H groups in total. The fourth-order valence-corrected chi connectivity index (χ4v) is 4.46. The highest BCUT2D eigenvalue weighted by Crippen LogP contribution is 2.41. The summed E-state index contributed by atoms with van der Waals surface area (Å²) in [7, 11) is -1.83. The molecule has 152 valence electrons. The molecule has 1 aliphatic rings. The Kier molecular flexibility index (Phi) is 7.17. The van der Waals surface area contributed by atoms with Gasteiger partial charge in [-0.15, -0.1) is 6.58 Å². The van der Waals surface area contributed by atoms with Crippen molar-refractivity contribution in [3.05, 3.63) is 47.5 Å². The average molecular weight is 423 g/mol. The zero-order valence-corrected chi connectivity index (χ0v) is 17.3. The van der Waals surface area contributed by atoms with Crippen LogP contribution in [0.1, 0.15) is 45.2 Å². The minimum atomic E-state index is -4.52. The van der Waals surface area contributed by atoms with Gasteiger partial charge in [-0.1, -0.05) is 29.8 Å². The van der Waals surface area contributed by atoms with Crippen molar-refractivity contribution >= 4 is 22.6 Å². The summed E-state index contributed by atoms with van der Waals surface area (Å²) in [4.78, 5) is 1.78. The number of likely N-dealkylation sites (tertiary alicyclic amines) is 1. The molecule has 0 bridgehead atoms. The van der Waals surface area contributed by atoms with E-state index < -0.39 is 34.0 Å². The Morgan fingerprint density at radius 2 is 2.04 bits per heavy atom. The van der Waals surface area contributed by atoms with Gasteiger partial charge in [0.2, 0.25) is 0 Å². The van der Waals surface area contributed by atoms with Crippen LogP contribution in [0.5, 0.6) is 0 Å². The maximum atomic E-state index is 13.9. The Balaban J connectivity index is 2.34. The van der Waals surface area contributed by atoms with Gasteiger partial charge in [0.15, 0.2) is 0 Å². The third-order valence-corrected chi connectivity index (χ3v) is 6.48. The van der Waals surface area contributed by atoms with Crippen molar-refractivity contribution in [2.75, 3.05) is 6.54 Å². The summed E-state index contributed by atoms with van der Waals surface area (Å²) in [5, 5.41) is 0.550. The summed E-state index contributed by atoms with van der Waals surface area (Å²) < 4.78 is 55.5. The van der Waals surface area contributed by atoms with E-state index in [1.807, 2.05) is 6.07 Å². The molecule has 1 aliphatic heterocycles. The lowest BCUT2D eigenvalue weighted by atomic mass is 10.0. The third kappa shape index (κ3) is 5.56. The Bertz CT molecular complexity index is 690. The van der Waals surface area contributed by atoms with Crippen molar-refractivity contribution in [1.82, 2.24) is 9.62 Å². The van der Waals surface area contributed by atoms with E-state index in [1.165, 1.54) is 0 Å². The second kappa shape index (κ2) is 8.64. The van der Waals surface area contributed by atoms with Crippen LogP contribution in [0, 0.1) is 0 Å². The molecule has 0 spiro atoms. The van der Waals surface area contributed by atoms with Gasteiger partial charge < -0.3 is 0 Å². The number of hydrogen-bond acceptors (Lipinski definition) is 2. The maximum Gasteiger partial charge on any atom is 0.406 e. The summed E-state index contributed by atoms with van der Waals surface area (Å²) >= 11 is 6.07. The predicted octanol–water partition coefficient (Wildman–Crippen LogP) is 5.01. The Morgan fingerprint density at radius 3 is 2.56 bits per heavy atom. The zero-order chi connectivity index (χ0) is 20.4. The van der Waals surface area contributed by atoms with E-state index in [4.69, 9.17) is 11.6 Å². The van der Waals surface area contributed by atoms with Crippen molar-refractivity contribution in [2.45, 2.75) is 62.7 Å². The molecule has 0 aromatic heterocycles. The molecule has 3 nitrogen and oxygen atoms in total. The fourth-order valence-electron chi connectivity index (χ4n) is 3.39. The first kappa shape index (κ1) is 22.4. The molecule has 0 aliphatic carbocycles. The number of rotatable bonds is 6. The van der Waals surface area contributed by atoms with Crippen LogP contribution in [-0.4, -0.2) is 38.7 Å². The van der Waals surface area contributed by atoms with Crippen LogP contribution in [0.2, 0.25) is 5.02 Å². The first-order chi connectivity index (χ1) is 12.4. The number of benzene rings is 1. The molecular formula is C19H26ClF3N2OS. The van der Waals surface area contributed by atoms with Crippen LogP contribution in [0.25, 0.3) is 0 Å². The van der Waals surface area contributed by atoms with Crippen molar-refractivity contribution in [1.29, 1.82) is 0 Å². The minimum Gasteiger partial charge on any atom is -0.288 e. The second-order valence-corrected chi connectivity index (χ2v) is 10.2. The minimum absolute atomic E-state index is 0.193. The quantitative estimate of drug-likeness (QED) is 0.653. The summed E-state index contributed by atoms with van der Waals surface area (Å²) in [6, 6.07) is 4.28. The topological polar surface area (TPSA) is 32.3 Å². The average Bonchev–Trinajstić information content (AvgIpc) is 2.94. The van der Waals surface area contributed by atoms with Gasteiger partial charge in [0.05, 0.1) is 15.7 Å². The van der Waals surface area contributed by atoms with Gasteiger partial charge in [-0.05, 0) is 51.3 Å². The molecule has 4 atom stereocenters. The van der Waals surface area contributed by atoms with E-state index in [0.29, 0.717) is 24.4 Å². The van der Waals surface area contributed by atoms with Crippen LogP contribution < -0.4 is 4.72 Å². The third-order valence-electron chi connectivity index (χ3n) is 4.66. The van der Waals surface area contributed by atoms with Crippen LogP contribution >= 0.6 is 11.6 Å². The van der Waals surface area contributed by atoms with E-state index in [1.54, 1.807) is 49.9 Å². The van der Waals surface area contributed by atoms with Crippen LogP contribution in [0.15, 0.2) is 36.9 Å². The van der Waals surface area contributed by atoms with Crippen molar-refractivity contribution in [2.24, 2.45) is 0 Å². The van der Waals surface area contributed by atoms with Crippen molar-refractivity contribution < 1.29 is 17.4 Å². The van der Waals surface area contributed by atoms with Gasteiger partial charge in [0.25, 0.3) is 0 Å². The summed E-state index contributed by atoms with van der Waals surface area (Å²) in [6.45, 7) is 8.94. The standard InChI is InChI=1S/C19H26ClF3N2OS/c1-5-11-25-15(13-7-6-8-14(20)12-13)9-10-16(25)17(19(21,22)23)24-27(26)18(2,3)4/h5-8,12,15-17,24H,1,9-11H2,2-4H3/t15-,16+,17?,27-/m0/s1.